The van der Waals surface area contributed by atoms with Crippen molar-refractivity contribution < 1.29 is 19.4 Å². The third-order valence-electron chi connectivity index (χ3n) is 4.80. The minimum absolute atomic E-state index is 0.0358. The van der Waals surface area contributed by atoms with Crippen molar-refractivity contribution in [3.63, 3.8) is 0 Å². The van der Waals surface area contributed by atoms with Gasteiger partial charge in [-0.3, -0.25) is 4.79 Å². The zero-order valence-corrected chi connectivity index (χ0v) is 15.4. The highest BCUT2D eigenvalue weighted by molar-refractivity contribution is 6.07. The highest BCUT2D eigenvalue weighted by atomic mass is 16.5. The maximum absolute atomic E-state index is 12.5. The van der Waals surface area contributed by atoms with E-state index < -0.39 is 23.8 Å². The van der Waals surface area contributed by atoms with Crippen LogP contribution in [0.2, 0.25) is 0 Å². The van der Waals surface area contributed by atoms with E-state index in [1.807, 2.05) is 48.5 Å². The molecule has 0 aliphatic carbocycles. The number of carboxylic acid groups (broad SMARTS) is 1. The Morgan fingerprint density at radius 3 is 2.36 bits per heavy atom. The van der Waals surface area contributed by atoms with Crippen molar-refractivity contribution in [2.75, 3.05) is 7.11 Å². The van der Waals surface area contributed by atoms with Crippen molar-refractivity contribution in [1.82, 2.24) is 0 Å². The number of carbonyl (C=O) groups excluding carboxylic acids is 1. The van der Waals surface area contributed by atoms with Gasteiger partial charge in [0.15, 0.2) is 5.70 Å². The van der Waals surface area contributed by atoms with Crippen LogP contribution in [0.5, 0.6) is 0 Å². The molecule has 1 aliphatic rings. The van der Waals surface area contributed by atoms with Crippen LogP contribution < -0.4 is 0 Å². The maximum Gasteiger partial charge on any atom is 0.337 e. The van der Waals surface area contributed by atoms with E-state index in [4.69, 9.17) is 4.74 Å². The van der Waals surface area contributed by atoms with E-state index in [1.165, 1.54) is 7.11 Å². The summed E-state index contributed by atoms with van der Waals surface area (Å²) in [4.78, 5) is 28.7. The second kappa shape index (κ2) is 7.89. The lowest BCUT2D eigenvalue weighted by molar-refractivity contribution is -0.140. The summed E-state index contributed by atoms with van der Waals surface area (Å²) in [5.41, 5.74) is 2.41. The lowest BCUT2D eigenvalue weighted by Gasteiger charge is -2.30. The Hall–Kier alpha value is -3.72. The molecule has 2 unspecified atom stereocenters. The van der Waals surface area contributed by atoms with Gasteiger partial charge in [-0.2, -0.15) is 5.26 Å². The third-order valence-corrected chi connectivity index (χ3v) is 4.80. The third kappa shape index (κ3) is 3.30. The summed E-state index contributed by atoms with van der Waals surface area (Å²) < 4.78 is 4.87. The van der Waals surface area contributed by atoms with Crippen molar-refractivity contribution in [2.24, 2.45) is 10.9 Å². The van der Waals surface area contributed by atoms with Crippen molar-refractivity contribution in [3.05, 3.63) is 71.4 Å². The zero-order chi connectivity index (χ0) is 20.3. The first-order valence-corrected chi connectivity index (χ1v) is 8.64. The molecule has 2 aromatic rings. The fourth-order valence-electron chi connectivity index (χ4n) is 3.59. The first-order chi connectivity index (χ1) is 13.5. The number of hydrogen-bond donors (Lipinski definition) is 1. The number of allylic oxidation sites excluding steroid dienone is 1. The summed E-state index contributed by atoms with van der Waals surface area (Å²) in [6.45, 7) is 1.56. The van der Waals surface area contributed by atoms with Gasteiger partial charge in [0.25, 0.3) is 0 Å². The Morgan fingerprint density at radius 1 is 1.11 bits per heavy atom. The van der Waals surface area contributed by atoms with Gasteiger partial charge in [0, 0.05) is 11.6 Å². The Labute approximate surface area is 162 Å². The highest BCUT2D eigenvalue weighted by Crippen LogP contribution is 2.43. The fraction of sp³-hybridized carbons (Fsp3) is 0.182. The topological polar surface area (TPSA) is 99.8 Å². The molecule has 0 spiro atoms. The molecule has 0 amide bonds. The van der Waals surface area contributed by atoms with Gasteiger partial charge in [-0.15, -0.1) is 0 Å². The number of nitrogens with zero attached hydrogens (tertiary/aromatic N) is 2. The fourth-order valence-corrected chi connectivity index (χ4v) is 3.59. The molecule has 0 fully saturated rings. The first kappa shape index (κ1) is 19.1. The Kier molecular flexibility index (Phi) is 5.37. The van der Waals surface area contributed by atoms with Crippen LogP contribution in [0.1, 0.15) is 18.4 Å². The Bertz CT molecular complexity index is 1030. The molecule has 0 radical (unpaired) electrons. The molecule has 0 saturated carbocycles. The van der Waals surface area contributed by atoms with E-state index in [9.17, 15) is 20.0 Å². The number of hydrogen-bond acceptors (Lipinski definition) is 5. The van der Waals surface area contributed by atoms with Crippen molar-refractivity contribution in [1.29, 1.82) is 5.26 Å². The number of carbonyl (C=O) groups is 2. The van der Waals surface area contributed by atoms with Gasteiger partial charge < -0.3 is 9.84 Å². The van der Waals surface area contributed by atoms with Crippen LogP contribution in [0, 0.1) is 17.2 Å². The minimum atomic E-state index is -1.12. The molecule has 6 heteroatoms. The van der Waals surface area contributed by atoms with Crippen LogP contribution in [0.15, 0.2) is 70.9 Å². The molecule has 3 rings (SSSR count). The molecule has 0 bridgehead atoms. The molecule has 0 aromatic heterocycles. The lowest BCUT2D eigenvalue weighted by atomic mass is 9.73. The molecule has 6 nitrogen and oxygen atoms in total. The number of aliphatic carboxylic acids is 1. The smallest absolute Gasteiger partial charge is 0.337 e. The Balaban J connectivity index is 2.32. The molecular weight excluding hydrogens is 356 g/mol. The zero-order valence-electron chi connectivity index (χ0n) is 15.4. The Morgan fingerprint density at radius 2 is 1.75 bits per heavy atom. The van der Waals surface area contributed by atoms with Crippen LogP contribution in [0.25, 0.3) is 11.1 Å². The molecule has 140 valence electrons. The van der Waals surface area contributed by atoms with Gasteiger partial charge in [0.05, 0.1) is 12.7 Å². The minimum Gasteiger partial charge on any atom is -0.481 e. The number of methoxy groups -OCH3 is 1. The van der Waals surface area contributed by atoms with Crippen molar-refractivity contribution in [2.45, 2.75) is 12.8 Å². The monoisotopic (exact) mass is 374 g/mol. The SMILES string of the molecule is COC(=O)C1=C(C#N)N=C(C)C(C(=O)O)C1c1ccccc1-c1ccccc1. The summed E-state index contributed by atoms with van der Waals surface area (Å²) in [7, 11) is 1.20. The lowest BCUT2D eigenvalue weighted by Crippen LogP contribution is -2.35. The number of carboxylic acids is 1. The van der Waals surface area contributed by atoms with Crippen LogP contribution in [-0.2, 0) is 14.3 Å². The summed E-state index contributed by atoms with van der Waals surface area (Å²) in [5.74, 6) is -3.86. The molecule has 1 N–H and O–H groups in total. The van der Waals surface area contributed by atoms with E-state index in [0.717, 1.165) is 11.1 Å². The van der Waals surface area contributed by atoms with Gasteiger partial charge in [0.1, 0.15) is 12.0 Å². The molecular formula is C22H18N2O4. The van der Waals surface area contributed by atoms with Gasteiger partial charge >= 0.3 is 11.9 Å². The van der Waals surface area contributed by atoms with Crippen LogP contribution in [-0.4, -0.2) is 29.9 Å². The number of ether oxygens (including phenoxy) is 1. The van der Waals surface area contributed by atoms with Gasteiger partial charge in [-0.25, -0.2) is 9.79 Å². The molecule has 28 heavy (non-hydrogen) atoms. The number of esters is 1. The number of aliphatic imine (C=N–C) groups is 1. The number of rotatable bonds is 4. The molecule has 0 saturated heterocycles. The van der Waals surface area contributed by atoms with E-state index in [-0.39, 0.29) is 17.0 Å². The largest absolute Gasteiger partial charge is 0.481 e. The highest BCUT2D eigenvalue weighted by Gasteiger charge is 2.43. The van der Waals surface area contributed by atoms with Gasteiger partial charge in [0.2, 0.25) is 0 Å². The normalized spacial score (nSPS) is 18.8. The molecule has 1 heterocycles. The first-order valence-electron chi connectivity index (χ1n) is 8.64. The van der Waals surface area contributed by atoms with Crippen molar-refractivity contribution >= 4 is 17.7 Å². The van der Waals surface area contributed by atoms with E-state index in [2.05, 4.69) is 4.99 Å². The predicted octanol–water partition coefficient (Wildman–Crippen LogP) is 3.56. The van der Waals surface area contributed by atoms with Crippen LogP contribution in [0.3, 0.4) is 0 Å². The van der Waals surface area contributed by atoms with E-state index in [1.54, 1.807) is 19.1 Å². The van der Waals surface area contributed by atoms with Crippen LogP contribution >= 0.6 is 0 Å². The van der Waals surface area contributed by atoms with Crippen LogP contribution in [0.4, 0.5) is 0 Å². The van der Waals surface area contributed by atoms with Crippen molar-refractivity contribution in [3.8, 4) is 17.2 Å². The maximum atomic E-state index is 12.5. The summed E-state index contributed by atoms with van der Waals surface area (Å²) >= 11 is 0. The van der Waals surface area contributed by atoms with Gasteiger partial charge in [-0.05, 0) is 23.6 Å². The average molecular weight is 374 g/mol. The molecule has 1 aliphatic heterocycles. The quantitative estimate of drug-likeness (QED) is 0.825. The second-order valence-corrected chi connectivity index (χ2v) is 6.37. The van der Waals surface area contributed by atoms with E-state index in [0.29, 0.717) is 5.56 Å². The number of benzene rings is 2. The molecule has 2 atom stereocenters. The van der Waals surface area contributed by atoms with Gasteiger partial charge in [-0.1, -0.05) is 54.6 Å². The second-order valence-electron chi connectivity index (χ2n) is 6.37. The summed E-state index contributed by atoms with van der Waals surface area (Å²) in [6.07, 6.45) is 0. The van der Waals surface area contributed by atoms with E-state index >= 15 is 0 Å². The standard InChI is InChI=1S/C22H18N2O4/c1-13-18(21(25)26)19(20(22(27)28-2)17(12-23)24-13)16-11-7-6-10-15(16)14-8-4-3-5-9-14/h3-11,18-19H,1-2H3,(H,25,26). The predicted molar refractivity (Wildman–Crippen MR) is 104 cm³/mol. The summed E-state index contributed by atoms with van der Waals surface area (Å²) in [6, 6.07) is 18.7. The average Bonchev–Trinajstić information content (AvgIpc) is 2.72. The summed E-state index contributed by atoms with van der Waals surface area (Å²) in [5, 5.41) is 19.4. The number of nitriles is 1. The molecule has 2 aromatic carbocycles.